The SMILES string of the molecule is CC(C)CC(NC(=O)C(N)CCCCN)C(=O)NC(Cc1c[nH]c2ccccc12)C(=O)NC(CO)C(=O)O. The van der Waals surface area contributed by atoms with Gasteiger partial charge in [0.05, 0.1) is 12.6 Å². The molecule has 10 N–H and O–H groups in total. The number of unbranched alkanes of at least 4 members (excludes halogenated alkanes) is 1. The van der Waals surface area contributed by atoms with Crippen LogP contribution in [0.3, 0.4) is 0 Å². The number of rotatable bonds is 16. The molecule has 3 amide bonds. The van der Waals surface area contributed by atoms with Gasteiger partial charge < -0.3 is 42.6 Å². The normalized spacial score (nSPS) is 14.5. The molecule has 4 atom stereocenters. The first kappa shape index (κ1) is 30.7. The quantitative estimate of drug-likeness (QED) is 0.135. The van der Waals surface area contributed by atoms with Gasteiger partial charge >= 0.3 is 5.97 Å². The van der Waals surface area contributed by atoms with Gasteiger partial charge in [-0.15, -0.1) is 0 Å². The van der Waals surface area contributed by atoms with E-state index in [1.807, 2.05) is 38.1 Å². The van der Waals surface area contributed by atoms with Gasteiger partial charge in [0.15, 0.2) is 0 Å². The van der Waals surface area contributed by atoms with Crippen LogP contribution in [0.15, 0.2) is 30.5 Å². The molecule has 0 bridgehead atoms. The lowest BCUT2D eigenvalue weighted by Crippen LogP contribution is -2.58. The van der Waals surface area contributed by atoms with Gasteiger partial charge in [0.1, 0.15) is 18.1 Å². The lowest BCUT2D eigenvalue weighted by molar-refractivity contribution is -0.143. The second-order valence-electron chi connectivity index (χ2n) is 9.79. The maximum atomic E-state index is 13.4. The monoisotopic (exact) mass is 532 g/mol. The average molecular weight is 533 g/mol. The minimum absolute atomic E-state index is 0.0335. The fraction of sp³-hybridized carbons (Fsp3) is 0.538. The number of carbonyl (C=O) groups is 4. The van der Waals surface area contributed by atoms with Crippen molar-refractivity contribution in [2.24, 2.45) is 17.4 Å². The number of aliphatic hydroxyl groups is 1. The maximum absolute atomic E-state index is 13.4. The molecule has 2 rings (SSSR count). The number of amides is 3. The number of benzene rings is 1. The van der Waals surface area contributed by atoms with Crippen LogP contribution in [0, 0.1) is 5.92 Å². The molecule has 0 aliphatic carbocycles. The molecule has 38 heavy (non-hydrogen) atoms. The van der Waals surface area contributed by atoms with Gasteiger partial charge in [-0.2, -0.15) is 0 Å². The van der Waals surface area contributed by atoms with Crippen LogP contribution >= 0.6 is 0 Å². The Hall–Kier alpha value is -3.48. The minimum Gasteiger partial charge on any atom is -0.480 e. The van der Waals surface area contributed by atoms with Crippen LogP contribution in [0.5, 0.6) is 0 Å². The number of carbonyl (C=O) groups excluding carboxylic acids is 3. The summed E-state index contributed by atoms with van der Waals surface area (Å²) in [6.07, 6.45) is 3.87. The Labute approximate surface area is 221 Å². The molecule has 12 nitrogen and oxygen atoms in total. The van der Waals surface area contributed by atoms with Crippen molar-refractivity contribution in [3.8, 4) is 0 Å². The van der Waals surface area contributed by atoms with E-state index in [0.717, 1.165) is 22.9 Å². The fourth-order valence-corrected chi connectivity index (χ4v) is 4.08. The summed E-state index contributed by atoms with van der Waals surface area (Å²) in [5.41, 5.74) is 13.1. The number of nitrogens with two attached hydrogens (primary N) is 2. The van der Waals surface area contributed by atoms with Gasteiger partial charge in [-0.25, -0.2) is 4.79 Å². The average Bonchev–Trinajstić information content (AvgIpc) is 3.28. The second kappa shape index (κ2) is 15.1. The van der Waals surface area contributed by atoms with Crippen LogP contribution in [-0.2, 0) is 25.6 Å². The molecule has 0 saturated heterocycles. The second-order valence-corrected chi connectivity index (χ2v) is 9.79. The summed E-state index contributed by atoms with van der Waals surface area (Å²) < 4.78 is 0. The lowest BCUT2D eigenvalue weighted by Gasteiger charge is -2.26. The van der Waals surface area contributed by atoms with Crippen molar-refractivity contribution >= 4 is 34.6 Å². The number of aromatic amines is 1. The number of carboxylic acids is 1. The number of carboxylic acid groups (broad SMARTS) is 1. The van der Waals surface area contributed by atoms with E-state index in [1.165, 1.54) is 0 Å². The van der Waals surface area contributed by atoms with Gasteiger partial charge in [0.2, 0.25) is 17.7 Å². The number of nitrogens with one attached hydrogen (secondary N) is 4. The number of fused-ring (bicyclic) bond motifs is 1. The smallest absolute Gasteiger partial charge is 0.328 e. The number of H-pyrrole nitrogens is 1. The van der Waals surface area contributed by atoms with Crippen molar-refractivity contribution in [1.82, 2.24) is 20.9 Å². The van der Waals surface area contributed by atoms with Crippen LogP contribution < -0.4 is 27.4 Å². The molecular weight excluding hydrogens is 492 g/mol. The molecule has 1 aromatic carbocycles. The van der Waals surface area contributed by atoms with E-state index in [0.29, 0.717) is 25.8 Å². The molecular formula is C26H40N6O6. The highest BCUT2D eigenvalue weighted by molar-refractivity contribution is 5.94. The van der Waals surface area contributed by atoms with E-state index in [-0.39, 0.29) is 12.3 Å². The Morgan fingerprint density at radius 1 is 0.947 bits per heavy atom. The Morgan fingerprint density at radius 2 is 1.58 bits per heavy atom. The first-order chi connectivity index (χ1) is 18.1. The van der Waals surface area contributed by atoms with Crippen molar-refractivity contribution in [2.45, 2.75) is 70.1 Å². The number of hydrogen-bond donors (Lipinski definition) is 8. The number of hydrogen-bond acceptors (Lipinski definition) is 7. The molecule has 0 saturated carbocycles. The number of aliphatic hydroxyl groups excluding tert-OH is 1. The summed E-state index contributed by atoms with van der Waals surface area (Å²) in [6, 6.07) is 2.92. The van der Waals surface area contributed by atoms with Crippen molar-refractivity contribution in [3.05, 3.63) is 36.0 Å². The van der Waals surface area contributed by atoms with Crippen molar-refractivity contribution < 1.29 is 29.4 Å². The topological polar surface area (TPSA) is 213 Å². The van der Waals surface area contributed by atoms with E-state index >= 15 is 0 Å². The third kappa shape index (κ3) is 9.12. The summed E-state index contributed by atoms with van der Waals surface area (Å²) in [7, 11) is 0. The third-order valence-corrected chi connectivity index (χ3v) is 6.18. The number of aromatic nitrogens is 1. The van der Waals surface area contributed by atoms with Gasteiger partial charge in [-0.05, 0) is 43.4 Å². The van der Waals surface area contributed by atoms with Crippen LogP contribution in [0.4, 0.5) is 0 Å². The fourth-order valence-electron chi connectivity index (χ4n) is 4.08. The molecule has 2 aromatic rings. The molecule has 1 heterocycles. The standard InChI is InChI=1S/C26H40N6O6/c1-15(2)11-20(30-23(34)18(28)8-5-6-10-27)24(35)31-21(25(36)32-22(14-33)26(37)38)12-16-13-29-19-9-4-3-7-17(16)19/h3-4,7,9,13,15,18,20-22,29,33H,5-6,8,10-12,14,27-28H2,1-2H3,(H,30,34)(H,31,35)(H,32,36)(H,37,38). The van der Waals surface area contributed by atoms with Crippen LogP contribution in [0.25, 0.3) is 10.9 Å². The van der Waals surface area contributed by atoms with Gasteiger partial charge in [0, 0.05) is 23.5 Å². The van der Waals surface area contributed by atoms with E-state index in [1.54, 1.807) is 6.20 Å². The maximum Gasteiger partial charge on any atom is 0.328 e. The van der Waals surface area contributed by atoms with E-state index in [2.05, 4.69) is 20.9 Å². The lowest BCUT2D eigenvalue weighted by atomic mass is 10.00. The summed E-state index contributed by atoms with van der Waals surface area (Å²) in [5.74, 6) is -3.24. The first-order valence-corrected chi connectivity index (χ1v) is 12.8. The Morgan fingerprint density at radius 3 is 2.21 bits per heavy atom. The van der Waals surface area contributed by atoms with E-state index < -0.39 is 54.5 Å². The molecule has 1 aromatic heterocycles. The van der Waals surface area contributed by atoms with Crippen LogP contribution in [0.2, 0.25) is 0 Å². The molecule has 210 valence electrons. The van der Waals surface area contributed by atoms with Crippen molar-refractivity contribution in [3.63, 3.8) is 0 Å². The minimum atomic E-state index is -1.54. The Bertz CT molecular complexity index is 1090. The zero-order valence-electron chi connectivity index (χ0n) is 21.9. The molecule has 0 spiro atoms. The molecule has 4 unspecified atom stereocenters. The van der Waals surface area contributed by atoms with Crippen molar-refractivity contribution in [1.29, 1.82) is 0 Å². The molecule has 0 radical (unpaired) electrons. The van der Waals surface area contributed by atoms with Gasteiger partial charge in [-0.1, -0.05) is 38.5 Å². The summed E-state index contributed by atoms with van der Waals surface area (Å²) in [4.78, 5) is 53.6. The molecule has 12 heteroatoms. The predicted octanol–water partition coefficient (Wildman–Crippen LogP) is -0.256. The molecule has 0 aliphatic heterocycles. The van der Waals surface area contributed by atoms with Gasteiger partial charge in [-0.3, -0.25) is 14.4 Å². The van der Waals surface area contributed by atoms with Gasteiger partial charge in [0.25, 0.3) is 0 Å². The van der Waals surface area contributed by atoms with E-state index in [4.69, 9.17) is 11.5 Å². The Balaban J connectivity index is 2.25. The molecule has 0 fully saturated rings. The molecule has 0 aliphatic rings. The van der Waals surface area contributed by atoms with Crippen molar-refractivity contribution in [2.75, 3.05) is 13.2 Å². The highest BCUT2D eigenvalue weighted by Crippen LogP contribution is 2.19. The van der Waals surface area contributed by atoms with Crippen LogP contribution in [-0.4, -0.2) is 76.2 Å². The first-order valence-electron chi connectivity index (χ1n) is 12.8. The number of aliphatic carboxylic acids is 1. The zero-order valence-corrected chi connectivity index (χ0v) is 21.9. The third-order valence-electron chi connectivity index (χ3n) is 6.18. The summed E-state index contributed by atoms with van der Waals surface area (Å²) in [6.45, 7) is 3.46. The largest absolute Gasteiger partial charge is 0.480 e. The van der Waals surface area contributed by atoms with Crippen LogP contribution in [0.1, 0.15) is 45.1 Å². The zero-order chi connectivity index (χ0) is 28.2. The summed E-state index contributed by atoms with van der Waals surface area (Å²) >= 11 is 0. The Kier molecular flexibility index (Phi) is 12.2. The predicted molar refractivity (Wildman–Crippen MR) is 143 cm³/mol. The summed E-state index contributed by atoms with van der Waals surface area (Å²) in [5, 5.41) is 27.1. The highest BCUT2D eigenvalue weighted by Gasteiger charge is 2.31. The highest BCUT2D eigenvalue weighted by atomic mass is 16.4. The van der Waals surface area contributed by atoms with E-state index in [9.17, 15) is 29.4 Å². The number of para-hydroxylation sites is 1.